The highest BCUT2D eigenvalue weighted by Crippen LogP contribution is 2.09. The molecule has 0 saturated heterocycles. The average Bonchev–Trinajstić information content (AvgIpc) is 2.42. The van der Waals surface area contributed by atoms with Crippen molar-refractivity contribution >= 4 is 28.8 Å². The molecule has 0 aliphatic heterocycles. The summed E-state index contributed by atoms with van der Waals surface area (Å²) in [5, 5.41) is 7.42. The van der Waals surface area contributed by atoms with Gasteiger partial charge in [-0.15, -0.1) is 0 Å². The smallest absolute Gasteiger partial charge is 0.233 e. The zero-order valence-electron chi connectivity index (χ0n) is 11.4. The van der Waals surface area contributed by atoms with Gasteiger partial charge in [0, 0.05) is 13.1 Å². The van der Waals surface area contributed by atoms with Gasteiger partial charge in [0.15, 0.2) is 11.1 Å². The molecule has 6 nitrogen and oxygen atoms in total. The van der Waals surface area contributed by atoms with Crippen LogP contribution in [0.3, 0.4) is 0 Å². The van der Waals surface area contributed by atoms with E-state index in [0.29, 0.717) is 13.1 Å². The minimum atomic E-state index is -0.174. The van der Waals surface area contributed by atoms with E-state index < -0.39 is 0 Å². The number of amidine groups is 1. The third-order valence-electron chi connectivity index (χ3n) is 2.51. The first kappa shape index (κ1) is 16.0. The van der Waals surface area contributed by atoms with Crippen LogP contribution in [0.15, 0.2) is 35.3 Å². The maximum Gasteiger partial charge on any atom is 0.233 e. The summed E-state index contributed by atoms with van der Waals surface area (Å²) in [6.45, 7) is 3.10. The van der Waals surface area contributed by atoms with Crippen molar-refractivity contribution in [1.82, 2.24) is 4.90 Å². The molecule has 1 aromatic carbocycles. The zero-order valence-corrected chi connectivity index (χ0v) is 12.2. The second-order valence-electron chi connectivity index (χ2n) is 4.02. The number of hydrogen-bond donors (Lipinski definition) is 3. The predicted octanol–water partition coefficient (Wildman–Crippen LogP) is 0.976. The van der Waals surface area contributed by atoms with Crippen molar-refractivity contribution in [3.8, 4) is 0 Å². The molecule has 7 heteroatoms. The monoisotopic (exact) mass is 293 g/mol. The zero-order chi connectivity index (χ0) is 15.0. The third kappa shape index (κ3) is 5.75. The van der Waals surface area contributed by atoms with Crippen LogP contribution in [-0.4, -0.2) is 34.2 Å². The fraction of sp³-hybridized carbons (Fsp3) is 0.308. The van der Waals surface area contributed by atoms with Crippen molar-refractivity contribution in [2.24, 2.45) is 16.5 Å². The summed E-state index contributed by atoms with van der Waals surface area (Å²) in [7, 11) is 0. The first-order valence-electron chi connectivity index (χ1n) is 6.15. The van der Waals surface area contributed by atoms with Crippen LogP contribution < -0.4 is 11.5 Å². The van der Waals surface area contributed by atoms with Gasteiger partial charge < -0.3 is 16.4 Å². The molecular formula is C13H19N5OS. The summed E-state index contributed by atoms with van der Waals surface area (Å²) in [5.41, 5.74) is 11.4. The van der Waals surface area contributed by atoms with E-state index in [1.165, 1.54) is 0 Å². The molecule has 0 spiro atoms. The molecule has 0 saturated carbocycles. The van der Waals surface area contributed by atoms with Crippen LogP contribution in [0, 0.1) is 5.41 Å². The lowest BCUT2D eigenvalue weighted by atomic mass is 10.2. The number of carbonyl (C=O) groups is 1. The van der Waals surface area contributed by atoms with Gasteiger partial charge in [-0.2, -0.15) is 4.99 Å². The number of nitrogens with two attached hydrogens (primary N) is 2. The Morgan fingerprint density at radius 3 is 2.55 bits per heavy atom. The third-order valence-corrected chi connectivity index (χ3v) is 3.27. The van der Waals surface area contributed by atoms with Crippen LogP contribution in [0.5, 0.6) is 0 Å². The number of hydrogen-bond acceptors (Lipinski definition) is 3. The summed E-state index contributed by atoms with van der Waals surface area (Å²) in [6.07, 6.45) is 0. The maximum atomic E-state index is 12.1. The Hall–Kier alpha value is -2.02. The Labute approximate surface area is 122 Å². The number of guanidine groups is 1. The van der Waals surface area contributed by atoms with Crippen molar-refractivity contribution in [3.63, 3.8) is 0 Å². The topological polar surface area (TPSA) is 109 Å². The average molecular weight is 293 g/mol. The minimum Gasteiger partial charge on any atom is -0.370 e. The molecule has 0 bridgehead atoms. The first-order chi connectivity index (χ1) is 9.52. The van der Waals surface area contributed by atoms with E-state index in [2.05, 4.69) is 4.99 Å². The SMILES string of the molecule is CCN(Cc1ccccc1)C(=O)CSC(=N)N=C(N)N. The van der Waals surface area contributed by atoms with Crippen LogP contribution >= 0.6 is 11.8 Å². The molecule has 0 aromatic heterocycles. The molecule has 0 unspecified atom stereocenters. The van der Waals surface area contributed by atoms with E-state index in [1.54, 1.807) is 4.90 Å². The Morgan fingerprint density at radius 1 is 1.35 bits per heavy atom. The van der Waals surface area contributed by atoms with Crippen molar-refractivity contribution in [2.75, 3.05) is 12.3 Å². The molecule has 0 fully saturated rings. The minimum absolute atomic E-state index is 0.0445. The maximum absolute atomic E-state index is 12.1. The second-order valence-corrected chi connectivity index (χ2v) is 4.99. The number of amides is 1. The number of carbonyl (C=O) groups excluding carboxylic acids is 1. The normalized spacial score (nSPS) is 9.85. The lowest BCUT2D eigenvalue weighted by molar-refractivity contribution is -0.128. The first-order valence-corrected chi connectivity index (χ1v) is 7.14. The van der Waals surface area contributed by atoms with Crippen molar-refractivity contribution < 1.29 is 4.79 Å². The van der Waals surface area contributed by atoms with Crippen molar-refractivity contribution in [2.45, 2.75) is 13.5 Å². The standard InChI is InChI=1S/C13H19N5OS/c1-2-18(8-10-6-4-3-5-7-10)11(19)9-20-13(16)17-12(14)15/h3-7H,2,8-9H2,1H3,(H5,14,15,16,17). The number of benzene rings is 1. The van der Waals surface area contributed by atoms with Crippen molar-refractivity contribution in [3.05, 3.63) is 35.9 Å². The Balaban J connectivity index is 2.51. The van der Waals surface area contributed by atoms with Gasteiger partial charge in [-0.25, -0.2) is 0 Å². The second kappa shape index (κ2) is 8.21. The lowest BCUT2D eigenvalue weighted by Gasteiger charge is -2.20. The van der Waals surface area contributed by atoms with Gasteiger partial charge >= 0.3 is 0 Å². The van der Waals surface area contributed by atoms with Gasteiger partial charge in [0.1, 0.15) is 0 Å². The van der Waals surface area contributed by atoms with Gasteiger partial charge in [0.25, 0.3) is 0 Å². The highest BCUT2D eigenvalue weighted by molar-refractivity contribution is 8.14. The fourth-order valence-corrected chi connectivity index (χ4v) is 2.16. The van der Waals surface area contributed by atoms with Gasteiger partial charge in [-0.1, -0.05) is 42.1 Å². The van der Waals surface area contributed by atoms with E-state index in [9.17, 15) is 4.79 Å². The summed E-state index contributed by atoms with van der Waals surface area (Å²) in [4.78, 5) is 17.4. The molecule has 0 heterocycles. The molecule has 1 aromatic rings. The van der Waals surface area contributed by atoms with Crippen LogP contribution in [0.2, 0.25) is 0 Å². The molecule has 0 aliphatic carbocycles. The highest BCUT2D eigenvalue weighted by atomic mass is 32.2. The van der Waals surface area contributed by atoms with Crippen LogP contribution in [0.4, 0.5) is 0 Å². The molecule has 1 amide bonds. The summed E-state index contributed by atoms with van der Waals surface area (Å²) < 4.78 is 0. The summed E-state index contributed by atoms with van der Waals surface area (Å²) in [6, 6.07) is 9.77. The van der Waals surface area contributed by atoms with Gasteiger partial charge in [0.2, 0.25) is 5.91 Å². The Morgan fingerprint density at radius 2 is 2.00 bits per heavy atom. The highest BCUT2D eigenvalue weighted by Gasteiger charge is 2.13. The number of aliphatic imine (C=N–C) groups is 1. The van der Waals surface area contributed by atoms with E-state index in [0.717, 1.165) is 17.3 Å². The molecule has 20 heavy (non-hydrogen) atoms. The van der Waals surface area contributed by atoms with Crippen LogP contribution in [0.1, 0.15) is 12.5 Å². The fourth-order valence-electron chi connectivity index (χ4n) is 1.55. The predicted molar refractivity (Wildman–Crippen MR) is 83.5 cm³/mol. The molecule has 0 aliphatic rings. The molecule has 0 atom stereocenters. The number of nitrogens with zero attached hydrogens (tertiary/aromatic N) is 2. The summed E-state index contributed by atoms with van der Waals surface area (Å²) in [5.74, 6) is -0.0699. The van der Waals surface area contributed by atoms with Crippen LogP contribution in [-0.2, 0) is 11.3 Å². The Kier molecular flexibility index (Phi) is 6.58. The number of rotatable bonds is 5. The van der Waals surface area contributed by atoms with E-state index in [4.69, 9.17) is 16.9 Å². The van der Waals surface area contributed by atoms with Gasteiger partial charge in [-0.05, 0) is 12.5 Å². The molecule has 0 radical (unpaired) electrons. The molecule has 1 rings (SSSR count). The summed E-state index contributed by atoms with van der Waals surface area (Å²) >= 11 is 1.01. The van der Waals surface area contributed by atoms with E-state index >= 15 is 0 Å². The van der Waals surface area contributed by atoms with Gasteiger partial charge in [-0.3, -0.25) is 10.2 Å². The number of nitrogens with one attached hydrogen (secondary N) is 1. The molecular weight excluding hydrogens is 274 g/mol. The van der Waals surface area contributed by atoms with Crippen LogP contribution in [0.25, 0.3) is 0 Å². The van der Waals surface area contributed by atoms with Gasteiger partial charge in [0.05, 0.1) is 5.75 Å². The molecule has 5 N–H and O–H groups in total. The van der Waals surface area contributed by atoms with E-state index in [-0.39, 0.29) is 22.8 Å². The molecule has 108 valence electrons. The largest absolute Gasteiger partial charge is 0.370 e. The Bertz CT molecular complexity index is 485. The van der Waals surface area contributed by atoms with Crippen molar-refractivity contribution in [1.29, 1.82) is 5.41 Å². The quantitative estimate of drug-likeness (QED) is 0.555. The van der Waals surface area contributed by atoms with E-state index in [1.807, 2.05) is 37.3 Å². The number of thioether (sulfide) groups is 1. The lowest BCUT2D eigenvalue weighted by Crippen LogP contribution is -2.32.